The number of benzene rings is 1. The first-order chi connectivity index (χ1) is 9.74. The molecule has 0 saturated carbocycles. The van der Waals surface area contributed by atoms with Crippen LogP contribution in [0.5, 0.6) is 0 Å². The molecule has 2 N–H and O–H groups in total. The highest BCUT2D eigenvalue weighted by atomic mass is 32.2. The summed E-state index contributed by atoms with van der Waals surface area (Å²) in [7, 11) is 0. The van der Waals surface area contributed by atoms with Crippen LogP contribution in [0.3, 0.4) is 0 Å². The van der Waals surface area contributed by atoms with Crippen LogP contribution in [0.4, 0.5) is 5.69 Å². The van der Waals surface area contributed by atoms with Crippen molar-refractivity contribution >= 4 is 46.1 Å². The molecule has 1 aromatic carbocycles. The molecule has 0 unspecified atom stereocenters. The Morgan fingerprint density at radius 3 is 2.75 bits per heavy atom. The van der Waals surface area contributed by atoms with Crippen molar-refractivity contribution in [2.75, 3.05) is 17.6 Å². The van der Waals surface area contributed by atoms with Crippen LogP contribution in [-0.4, -0.2) is 17.4 Å². The number of thioether (sulfide) groups is 1. The van der Waals surface area contributed by atoms with Gasteiger partial charge in [-0.05, 0) is 53.7 Å². The minimum absolute atomic E-state index is 0.685. The molecule has 0 amide bonds. The second kappa shape index (κ2) is 8.29. The molecule has 20 heavy (non-hydrogen) atoms. The van der Waals surface area contributed by atoms with Gasteiger partial charge in [0.1, 0.15) is 0 Å². The summed E-state index contributed by atoms with van der Waals surface area (Å²) in [5.41, 5.74) is 3.68. The van der Waals surface area contributed by atoms with E-state index < -0.39 is 0 Å². The standard InChI is InChI=1S/C15H18N2S3/c1-12-2-4-14(5-3-12)17-15(18)16-7-9-20-11-13-6-8-19-10-13/h2-6,8,10H,7,9,11H2,1H3,(H2,16,17,18). The third-order valence-corrected chi connectivity index (χ3v) is 4.70. The number of rotatable bonds is 6. The zero-order chi connectivity index (χ0) is 14.2. The predicted molar refractivity (Wildman–Crippen MR) is 95.9 cm³/mol. The predicted octanol–water partition coefficient (Wildman–Crippen LogP) is 4.28. The van der Waals surface area contributed by atoms with Crippen molar-refractivity contribution in [1.82, 2.24) is 5.32 Å². The summed E-state index contributed by atoms with van der Waals surface area (Å²) in [6.45, 7) is 2.96. The Bertz CT molecular complexity index is 521. The zero-order valence-electron chi connectivity index (χ0n) is 11.4. The molecule has 1 heterocycles. The molecule has 0 spiro atoms. The highest BCUT2D eigenvalue weighted by molar-refractivity contribution is 7.98. The quantitative estimate of drug-likeness (QED) is 0.612. The van der Waals surface area contributed by atoms with Crippen LogP contribution >= 0.6 is 35.3 Å². The van der Waals surface area contributed by atoms with E-state index in [0.717, 1.165) is 23.7 Å². The fourth-order valence-electron chi connectivity index (χ4n) is 1.61. The summed E-state index contributed by atoms with van der Waals surface area (Å²) in [4.78, 5) is 0. The van der Waals surface area contributed by atoms with Gasteiger partial charge in [-0.1, -0.05) is 17.7 Å². The Morgan fingerprint density at radius 2 is 2.05 bits per heavy atom. The average molecular weight is 323 g/mol. The van der Waals surface area contributed by atoms with Gasteiger partial charge in [0.25, 0.3) is 0 Å². The Labute approximate surface area is 134 Å². The number of hydrogen-bond acceptors (Lipinski definition) is 3. The van der Waals surface area contributed by atoms with Gasteiger partial charge in [0.2, 0.25) is 0 Å². The van der Waals surface area contributed by atoms with Crippen LogP contribution in [0.1, 0.15) is 11.1 Å². The average Bonchev–Trinajstić information content (AvgIpc) is 2.94. The molecule has 0 aliphatic carbocycles. The first-order valence-electron chi connectivity index (χ1n) is 6.44. The molecule has 1 aromatic heterocycles. The maximum Gasteiger partial charge on any atom is 0.170 e. The second-order valence-electron chi connectivity index (χ2n) is 4.43. The van der Waals surface area contributed by atoms with Crippen molar-refractivity contribution in [3.05, 3.63) is 52.2 Å². The lowest BCUT2D eigenvalue weighted by Crippen LogP contribution is -2.30. The largest absolute Gasteiger partial charge is 0.362 e. The molecule has 2 nitrogen and oxygen atoms in total. The Kier molecular flexibility index (Phi) is 6.36. The zero-order valence-corrected chi connectivity index (χ0v) is 13.8. The van der Waals surface area contributed by atoms with Crippen LogP contribution in [0.25, 0.3) is 0 Å². The SMILES string of the molecule is Cc1ccc(NC(=S)NCCSCc2ccsc2)cc1. The smallest absolute Gasteiger partial charge is 0.170 e. The van der Waals surface area contributed by atoms with E-state index in [9.17, 15) is 0 Å². The normalized spacial score (nSPS) is 10.2. The minimum Gasteiger partial charge on any atom is -0.362 e. The topological polar surface area (TPSA) is 24.1 Å². The van der Waals surface area contributed by atoms with E-state index in [-0.39, 0.29) is 0 Å². The van der Waals surface area contributed by atoms with Crippen molar-refractivity contribution in [2.45, 2.75) is 12.7 Å². The third-order valence-electron chi connectivity index (χ3n) is 2.69. The molecule has 0 radical (unpaired) electrons. The van der Waals surface area contributed by atoms with Crippen LogP contribution in [0, 0.1) is 6.92 Å². The van der Waals surface area contributed by atoms with Crippen molar-refractivity contribution in [3.8, 4) is 0 Å². The molecule has 0 aliphatic rings. The van der Waals surface area contributed by atoms with E-state index in [0.29, 0.717) is 5.11 Å². The summed E-state index contributed by atoms with van der Waals surface area (Å²) in [5.74, 6) is 2.12. The van der Waals surface area contributed by atoms with Crippen LogP contribution in [-0.2, 0) is 5.75 Å². The maximum absolute atomic E-state index is 5.27. The molecule has 0 bridgehead atoms. The minimum atomic E-state index is 0.685. The van der Waals surface area contributed by atoms with Gasteiger partial charge in [-0.2, -0.15) is 23.1 Å². The lowest BCUT2D eigenvalue weighted by molar-refractivity contribution is 0.990. The van der Waals surface area contributed by atoms with Gasteiger partial charge >= 0.3 is 0 Å². The molecule has 0 fully saturated rings. The van der Waals surface area contributed by atoms with Gasteiger partial charge in [0, 0.05) is 23.7 Å². The highest BCUT2D eigenvalue weighted by Gasteiger charge is 1.98. The molecule has 2 aromatic rings. The molecular formula is C15H18N2S3. The highest BCUT2D eigenvalue weighted by Crippen LogP contribution is 2.14. The fraction of sp³-hybridized carbons (Fsp3) is 0.267. The van der Waals surface area contributed by atoms with E-state index in [2.05, 4.69) is 46.5 Å². The third kappa shape index (κ3) is 5.53. The Hall–Kier alpha value is -1.04. The second-order valence-corrected chi connectivity index (χ2v) is 6.72. The number of hydrogen-bond donors (Lipinski definition) is 2. The van der Waals surface area contributed by atoms with E-state index in [1.54, 1.807) is 11.3 Å². The Balaban J connectivity index is 1.59. The number of aryl methyl sites for hydroxylation is 1. The van der Waals surface area contributed by atoms with E-state index in [1.165, 1.54) is 11.1 Å². The van der Waals surface area contributed by atoms with Crippen molar-refractivity contribution < 1.29 is 0 Å². The van der Waals surface area contributed by atoms with Crippen LogP contribution in [0.15, 0.2) is 41.1 Å². The maximum atomic E-state index is 5.27. The van der Waals surface area contributed by atoms with Crippen molar-refractivity contribution in [1.29, 1.82) is 0 Å². The summed E-state index contributed by atoms with van der Waals surface area (Å²) < 4.78 is 0. The van der Waals surface area contributed by atoms with Gasteiger partial charge < -0.3 is 10.6 Å². The van der Waals surface area contributed by atoms with Gasteiger partial charge in [-0.3, -0.25) is 0 Å². The van der Waals surface area contributed by atoms with Crippen LogP contribution in [0.2, 0.25) is 0 Å². The van der Waals surface area contributed by atoms with Crippen LogP contribution < -0.4 is 10.6 Å². The molecule has 0 aliphatic heterocycles. The van der Waals surface area contributed by atoms with Gasteiger partial charge in [0.15, 0.2) is 5.11 Å². The number of thiophene rings is 1. The molecule has 5 heteroatoms. The van der Waals surface area contributed by atoms with Gasteiger partial charge in [-0.25, -0.2) is 0 Å². The lowest BCUT2D eigenvalue weighted by Gasteiger charge is -2.10. The first kappa shape index (κ1) is 15.4. The molecule has 2 rings (SSSR count). The molecule has 0 atom stereocenters. The summed E-state index contributed by atoms with van der Waals surface area (Å²) in [6, 6.07) is 10.4. The van der Waals surface area contributed by atoms with Gasteiger partial charge in [-0.15, -0.1) is 0 Å². The van der Waals surface area contributed by atoms with Gasteiger partial charge in [0.05, 0.1) is 0 Å². The number of thiocarbonyl (C=S) groups is 1. The summed E-state index contributed by atoms with van der Waals surface area (Å²) in [5, 5.41) is 11.4. The van der Waals surface area contributed by atoms with E-state index >= 15 is 0 Å². The first-order valence-corrected chi connectivity index (χ1v) is 8.95. The molecule has 106 valence electrons. The molecular weight excluding hydrogens is 304 g/mol. The number of nitrogens with one attached hydrogen (secondary N) is 2. The number of anilines is 1. The Morgan fingerprint density at radius 1 is 1.25 bits per heavy atom. The van der Waals surface area contributed by atoms with E-state index in [1.807, 2.05) is 23.9 Å². The molecule has 0 saturated heterocycles. The lowest BCUT2D eigenvalue weighted by atomic mass is 10.2. The van der Waals surface area contributed by atoms with Crippen molar-refractivity contribution in [3.63, 3.8) is 0 Å². The van der Waals surface area contributed by atoms with E-state index in [4.69, 9.17) is 12.2 Å². The fourth-order valence-corrected chi connectivity index (χ4v) is 3.41. The summed E-state index contributed by atoms with van der Waals surface area (Å²) in [6.07, 6.45) is 0. The monoisotopic (exact) mass is 322 g/mol. The van der Waals surface area contributed by atoms with Crippen molar-refractivity contribution in [2.24, 2.45) is 0 Å². The summed E-state index contributed by atoms with van der Waals surface area (Å²) >= 11 is 8.94.